The van der Waals surface area contributed by atoms with Gasteiger partial charge in [0.1, 0.15) is 5.82 Å². The number of allylic oxidation sites excluding steroid dienone is 1. The van der Waals surface area contributed by atoms with Crippen molar-refractivity contribution < 1.29 is 4.39 Å². The number of hydrogen-bond donors (Lipinski definition) is 1. The fourth-order valence-corrected chi connectivity index (χ4v) is 1.58. The third kappa shape index (κ3) is 0.959. The molecule has 0 bridgehead atoms. The molecule has 0 aromatic heterocycles. The lowest BCUT2D eigenvalue weighted by atomic mass is 10.0. The van der Waals surface area contributed by atoms with Gasteiger partial charge in [-0.05, 0) is 23.6 Å². The summed E-state index contributed by atoms with van der Waals surface area (Å²) in [7, 11) is 0. The van der Waals surface area contributed by atoms with Crippen molar-refractivity contribution in [2.45, 2.75) is 13.0 Å². The Morgan fingerprint density at radius 1 is 1.42 bits per heavy atom. The SMILES string of the molecule is NCc1c(F)ccc2c1C=CC2. The van der Waals surface area contributed by atoms with Crippen molar-refractivity contribution in [1.82, 2.24) is 0 Å². The first kappa shape index (κ1) is 7.50. The number of hydrogen-bond acceptors (Lipinski definition) is 1. The molecule has 1 nitrogen and oxygen atoms in total. The lowest BCUT2D eigenvalue weighted by Gasteiger charge is -2.05. The molecule has 0 unspecified atom stereocenters. The van der Waals surface area contributed by atoms with E-state index in [-0.39, 0.29) is 12.4 Å². The van der Waals surface area contributed by atoms with E-state index in [0.717, 1.165) is 12.0 Å². The summed E-state index contributed by atoms with van der Waals surface area (Å²) in [6.07, 6.45) is 4.88. The van der Waals surface area contributed by atoms with Crippen molar-refractivity contribution >= 4 is 6.08 Å². The Morgan fingerprint density at radius 2 is 2.25 bits per heavy atom. The number of benzene rings is 1. The quantitative estimate of drug-likeness (QED) is 0.671. The second-order valence-corrected chi connectivity index (χ2v) is 2.91. The molecule has 62 valence electrons. The molecule has 2 rings (SSSR count). The van der Waals surface area contributed by atoms with Gasteiger partial charge in [-0.3, -0.25) is 0 Å². The minimum atomic E-state index is -0.192. The van der Waals surface area contributed by atoms with Gasteiger partial charge in [-0.15, -0.1) is 0 Å². The van der Waals surface area contributed by atoms with E-state index >= 15 is 0 Å². The van der Waals surface area contributed by atoms with E-state index in [1.165, 1.54) is 11.6 Å². The van der Waals surface area contributed by atoms with Crippen LogP contribution in [0.3, 0.4) is 0 Å². The molecule has 0 amide bonds. The van der Waals surface area contributed by atoms with Gasteiger partial charge < -0.3 is 5.73 Å². The van der Waals surface area contributed by atoms with Gasteiger partial charge in [0.05, 0.1) is 0 Å². The minimum absolute atomic E-state index is 0.192. The molecule has 0 heterocycles. The summed E-state index contributed by atoms with van der Waals surface area (Å²) in [5.74, 6) is -0.192. The van der Waals surface area contributed by atoms with E-state index < -0.39 is 0 Å². The Labute approximate surface area is 70.7 Å². The number of rotatable bonds is 1. The fraction of sp³-hybridized carbons (Fsp3) is 0.200. The Hall–Kier alpha value is -1.15. The zero-order valence-corrected chi connectivity index (χ0v) is 6.68. The monoisotopic (exact) mass is 163 g/mol. The molecule has 0 aliphatic heterocycles. The van der Waals surface area contributed by atoms with E-state index in [1.807, 2.05) is 18.2 Å². The van der Waals surface area contributed by atoms with Crippen LogP contribution in [0.1, 0.15) is 16.7 Å². The largest absolute Gasteiger partial charge is 0.326 e. The average molecular weight is 163 g/mol. The van der Waals surface area contributed by atoms with Crippen LogP contribution in [0.15, 0.2) is 18.2 Å². The molecule has 0 saturated heterocycles. The normalized spacial score (nSPS) is 13.5. The van der Waals surface area contributed by atoms with Crippen LogP contribution < -0.4 is 5.73 Å². The van der Waals surface area contributed by atoms with Crippen molar-refractivity contribution in [3.05, 3.63) is 40.7 Å². The van der Waals surface area contributed by atoms with Crippen molar-refractivity contribution in [2.24, 2.45) is 5.73 Å². The van der Waals surface area contributed by atoms with Crippen LogP contribution in [0.25, 0.3) is 6.08 Å². The highest BCUT2D eigenvalue weighted by Crippen LogP contribution is 2.24. The molecule has 12 heavy (non-hydrogen) atoms. The Morgan fingerprint density at radius 3 is 3.00 bits per heavy atom. The van der Waals surface area contributed by atoms with Gasteiger partial charge in [0, 0.05) is 12.1 Å². The van der Waals surface area contributed by atoms with Crippen molar-refractivity contribution in [3.8, 4) is 0 Å². The topological polar surface area (TPSA) is 26.0 Å². The molecule has 0 spiro atoms. The van der Waals surface area contributed by atoms with Crippen LogP contribution in [-0.4, -0.2) is 0 Å². The molecule has 2 N–H and O–H groups in total. The predicted octanol–water partition coefficient (Wildman–Crippen LogP) is 1.85. The summed E-state index contributed by atoms with van der Waals surface area (Å²) in [5.41, 5.74) is 8.25. The Kier molecular flexibility index (Phi) is 1.70. The second-order valence-electron chi connectivity index (χ2n) is 2.91. The Balaban J connectivity index is 2.64. The second kappa shape index (κ2) is 2.72. The van der Waals surface area contributed by atoms with Gasteiger partial charge in [0.15, 0.2) is 0 Å². The molecule has 0 saturated carbocycles. The van der Waals surface area contributed by atoms with Crippen molar-refractivity contribution in [2.75, 3.05) is 0 Å². The zero-order chi connectivity index (χ0) is 8.55. The first-order chi connectivity index (χ1) is 5.83. The van der Waals surface area contributed by atoms with E-state index in [9.17, 15) is 4.39 Å². The number of fused-ring (bicyclic) bond motifs is 1. The first-order valence-corrected chi connectivity index (χ1v) is 4.00. The van der Waals surface area contributed by atoms with Gasteiger partial charge in [0.2, 0.25) is 0 Å². The molecule has 1 aromatic carbocycles. The third-order valence-electron chi connectivity index (χ3n) is 2.22. The van der Waals surface area contributed by atoms with Gasteiger partial charge in [-0.25, -0.2) is 4.39 Å². The van der Waals surface area contributed by atoms with Gasteiger partial charge in [-0.1, -0.05) is 18.2 Å². The molecule has 0 radical (unpaired) electrons. The molecule has 0 fully saturated rings. The van der Waals surface area contributed by atoms with Crippen LogP contribution in [0.5, 0.6) is 0 Å². The van der Waals surface area contributed by atoms with E-state index in [1.54, 1.807) is 0 Å². The predicted molar refractivity (Wildman–Crippen MR) is 47.0 cm³/mol. The molecular weight excluding hydrogens is 153 g/mol. The highest BCUT2D eigenvalue weighted by molar-refractivity contribution is 5.63. The molecule has 1 aliphatic rings. The van der Waals surface area contributed by atoms with Crippen LogP contribution in [0.2, 0.25) is 0 Å². The number of halogens is 1. The minimum Gasteiger partial charge on any atom is -0.326 e. The Bertz CT molecular complexity index is 342. The highest BCUT2D eigenvalue weighted by Gasteiger charge is 2.12. The van der Waals surface area contributed by atoms with Crippen molar-refractivity contribution in [3.63, 3.8) is 0 Å². The lowest BCUT2D eigenvalue weighted by Crippen LogP contribution is -2.03. The molecule has 1 aromatic rings. The number of nitrogens with two attached hydrogens (primary N) is 1. The summed E-state index contributed by atoms with van der Waals surface area (Å²) in [6.45, 7) is 0.277. The van der Waals surface area contributed by atoms with Gasteiger partial charge in [-0.2, -0.15) is 0 Å². The summed E-state index contributed by atoms with van der Waals surface area (Å²) >= 11 is 0. The summed E-state index contributed by atoms with van der Waals surface area (Å²) in [4.78, 5) is 0. The fourth-order valence-electron chi connectivity index (χ4n) is 1.58. The van der Waals surface area contributed by atoms with E-state index in [2.05, 4.69) is 0 Å². The summed E-state index contributed by atoms with van der Waals surface area (Å²) in [6, 6.07) is 3.32. The third-order valence-corrected chi connectivity index (χ3v) is 2.22. The molecule has 0 atom stereocenters. The molecular formula is C10H10FN. The van der Waals surface area contributed by atoms with E-state index in [0.29, 0.717) is 5.56 Å². The molecule has 2 heteroatoms. The summed E-state index contributed by atoms with van der Waals surface area (Å²) in [5, 5.41) is 0. The zero-order valence-electron chi connectivity index (χ0n) is 6.68. The highest BCUT2D eigenvalue weighted by atomic mass is 19.1. The molecule has 1 aliphatic carbocycles. The average Bonchev–Trinajstić information content (AvgIpc) is 2.52. The maximum atomic E-state index is 13.1. The maximum Gasteiger partial charge on any atom is 0.128 e. The van der Waals surface area contributed by atoms with Crippen LogP contribution in [0.4, 0.5) is 4.39 Å². The van der Waals surface area contributed by atoms with Gasteiger partial charge >= 0.3 is 0 Å². The lowest BCUT2D eigenvalue weighted by molar-refractivity contribution is 0.609. The van der Waals surface area contributed by atoms with Crippen LogP contribution >= 0.6 is 0 Å². The van der Waals surface area contributed by atoms with E-state index in [4.69, 9.17) is 5.73 Å². The van der Waals surface area contributed by atoms with Gasteiger partial charge in [0.25, 0.3) is 0 Å². The standard InChI is InChI=1S/C10H10FN/c11-10-5-4-7-2-1-3-8(7)9(10)6-12/h1,3-5H,2,6,12H2. The van der Waals surface area contributed by atoms with Crippen molar-refractivity contribution in [1.29, 1.82) is 0 Å². The smallest absolute Gasteiger partial charge is 0.128 e. The first-order valence-electron chi connectivity index (χ1n) is 4.00. The maximum absolute atomic E-state index is 13.1. The van der Waals surface area contributed by atoms with Crippen LogP contribution in [-0.2, 0) is 13.0 Å². The summed E-state index contributed by atoms with van der Waals surface area (Å²) < 4.78 is 13.1. The van der Waals surface area contributed by atoms with Crippen LogP contribution in [0, 0.1) is 5.82 Å².